The molecule has 0 fully saturated rings. The van der Waals surface area contributed by atoms with Crippen LogP contribution in [0, 0.1) is 0 Å². The summed E-state index contributed by atoms with van der Waals surface area (Å²) in [5.74, 6) is 0.927. The summed E-state index contributed by atoms with van der Waals surface area (Å²) in [6.45, 7) is 7.14. The number of anilines is 1. The van der Waals surface area contributed by atoms with Crippen LogP contribution in [0.5, 0.6) is 0 Å². The number of nitrogens with zero attached hydrogens (tertiary/aromatic N) is 7. The molecule has 0 N–H and O–H groups in total. The molecular formula is C11H16ClN7. The van der Waals surface area contributed by atoms with Gasteiger partial charge < -0.3 is 4.90 Å². The molecule has 0 atom stereocenters. The first-order valence-electron chi connectivity index (χ1n) is 6.15. The molecule has 2 rings (SSSR count). The zero-order valence-corrected chi connectivity index (χ0v) is 11.9. The van der Waals surface area contributed by atoms with Crippen LogP contribution in [0.1, 0.15) is 27.2 Å². The number of rotatable bonds is 5. The predicted octanol–water partition coefficient (Wildman–Crippen LogP) is 1.73. The molecule has 0 aliphatic rings. The third kappa shape index (κ3) is 3.17. The molecule has 0 saturated carbocycles. The van der Waals surface area contributed by atoms with Crippen molar-refractivity contribution in [3.63, 3.8) is 0 Å². The molecule has 0 aromatic carbocycles. The van der Waals surface area contributed by atoms with Crippen LogP contribution in [0.3, 0.4) is 0 Å². The second kappa shape index (κ2) is 5.92. The first-order chi connectivity index (χ1) is 9.11. The van der Waals surface area contributed by atoms with Crippen LogP contribution in [-0.2, 0) is 0 Å². The topological polar surface area (TPSA) is 72.6 Å². The lowest BCUT2D eigenvalue weighted by molar-refractivity contribution is 0.644. The average Bonchev–Trinajstić information content (AvgIpc) is 2.88. The Kier molecular flexibility index (Phi) is 4.26. The molecule has 7 nitrogen and oxygen atoms in total. The van der Waals surface area contributed by atoms with Gasteiger partial charge >= 0.3 is 0 Å². The summed E-state index contributed by atoms with van der Waals surface area (Å²) in [6, 6.07) is 0.280. The minimum absolute atomic E-state index is 0.150. The maximum absolute atomic E-state index is 5.97. The second-order valence-electron chi connectivity index (χ2n) is 4.33. The second-order valence-corrected chi connectivity index (χ2v) is 4.67. The van der Waals surface area contributed by atoms with E-state index >= 15 is 0 Å². The third-order valence-corrected chi connectivity index (χ3v) is 2.72. The Bertz CT molecular complexity index is 526. The van der Waals surface area contributed by atoms with E-state index in [4.69, 9.17) is 11.6 Å². The van der Waals surface area contributed by atoms with Gasteiger partial charge in [-0.2, -0.15) is 24.7 Å². The summed E-state index contributed by atoms with van der Waals surface area (Å²) in [4.78, 5) is 18.6. The van der Waals surface area contributed by atoms with Crippen molar-refractivity contribution in [2.24, 2.45) is 0 Å². The highest BCUT2D eigenvalue weighted by Crippen LogP contribution is 2.15. The quantitative estimate of drug-likeness (QED) is 0.831. The van der Waals surface area contributed by atoms with E-state index in [2.05, 4.69) is 50.7 Å². The number of aromatic nitrogens is 6. The van der Waals surface area contributed by atoms with E-state index in [1.807, 2.05) is 0 Å². The van der Waals surface area contributed by atoms with Gasteiger partial charge in [0, 0.05) is 12.6 Å². The Morgan fingerprint density at radius 3 is 2.68 bits per heavy atom. The zero-order valence-electron chi connectivity index (χ0n) is 11.2. The SMILES string of the molecule is CCCN(c1nc(Cl)nc(-n2cncn2)n1)C(C)C. The fourth-order valence-corrected chi connectivity index (χ4v) is 1.85. The highest BCUT2D eigenvalue weighted by molar-refractivity contribution is 6.28. The van der Waals surface area contributed by atoms with E-state index < -0.39 is 0 Å². The molecule has 0 amide bonds. The summed E-state index contributed by atoms with van der Waals surface area (Å²) >= 11 is 5.97. The molecule has 19 heavy (non-hydrogen) atoms. The van der Waals surface area contributed by atoms with E-state index in [-0.39, 0.29) is 11.3 Å². The Morgan fingerprint density at radius 2 is 2.11 bits per heavy atom. The molecule has 0 unspecified atom stereocenters. The maximum Gasteiger partial charge on any atom is 0.258 e. The van der Waals surface area contributed by atoms with Crippen LogP contribution in [-0.4, -0.2) is 42.3 Å². The lowest BCUT2D eigenvalue weighted by Crippen LogP contribution is -2.33. The van der Waals surface area contributed by atoms with E-state index in [0.717, 1.165) is 13.0 Å². The van der Waals surface area contributed by atoms with Crippen LogP contribution < -0.4 is 4.90 Å². The van der Waals surface area contributed by atoms with Crippen LogP contribution in [0.2, 0.25) is 5.28 Å². The monoisotopic (exact) mass is 281 g/mol. The van der Waals surface area contributed by atoms with E-state index in [0.29, 0.717) is 11.9 Å². The molecule has 102 valence electrons. The molecule has 2 heterocycles. The van der Waals surface area contributed by atoms with Crippen molar-refractivity contribution in [3.05, 3.63) is 17.9 Å². The summed E-state index contributed by atoms with van der Waals surface area (Å²) in [5.41, 5.74) is 0. The van der Waals surface area contributed by atoms with E-state index in [9.17, 15) is 0 Å². The number of hydrogen-bond acceptors (Lipinski definition) is 6. The molecule has 0 saturated heterocycles. The smallest absolute Gasteiger partial charge is 0.258 e. The molecule has 2 aromatic rings. The van der Waals surface area contributed by atoms with Gasteiger partial charge in [0.2, 0.25) is 11.2 Å². The summed E-state index contributed by atoms with van der Waals surface area (Å²) in [7, 11) is 0. The third-order valence-electron chi connectivity index (χ3n) is 2.55. The lowest BCUT2D eigenvalue weighted by Gasteiger charge is -2.26. The largest absolute Gasteiger partial charge is 0.338 e. The highest BCUT2D eigenvalue weighted by Gasteiger charge is 2.16. The van der Waals surface area contributed by atoms with Gasteiger partial charge in [-0.15, -0.1) is 0 Å². The molecule has 0 bridgehead atoms. The molecule has 0 aliphatic heterocycles. The first kappa shape index (κ1) is 13.7. The standard InChI is InChI=1S/C11H16ClN7/c1-4-5-18(8(2)3)10-15-9(12)16-11(17-10)19-7-13-6-14-19/h6-8H,4-5H2,1-3H3. The molecule has 2 aromatic heterocycles. The Balaban J connectivity index is 2.40. The van der Waals surface area contributed by atoms with E-state index in [1.165, 1.54) is 17.3 Å². The lowest BCUT2D eigenvalue weighted by atomic mass is 10.3. The number of hydrogen-bond donors (Lipinski definition) is 0. The highest BCUT2D eigenvalue weighted by atomic mass is 35.5. The fourth-order valence-electron chi connectivity index (χ4n) is 1.70. The average molecular weight is 282 g/mol. The van der Waals surface area contributed by atoms with Gasteiger partial charge in [-0.3, -0.25) is 0 Å². The van der Waals surface area contributed by atoms with Crippen molar-refractivity contribution >= 4 is 17.5 Å². The Hall–Kier alpha value is -1.76. The molecular weight excluding hydrogens is 266 g/mol. The summed E-state index contributed by atoms with van der Waals surface area (Å²) in [5, 5.41) is 4.14. The van der Waals surface area contributed by atoms with Crippen molar-refractivity contribution < 1.29 is 0 Å². The van der Waals surface area contributed by atoms with Gasteiger partial charge in [-0.1, -0.05) is 6.92 Å². The minimum Gasteiger partial charge on any atom is -0.338 e. The van der Waals surface area contributed by atoms with Crippen molar-refractivity contribution in [2.45, 2.75) is 33.2 Å². The molecule has 0 aliphatic carbocycles. The van der Waals surface area contributed by atoms with Gasteiger partial charge in [0.25, 0.3) is 5.95 Å². The van der Waals surface area contributed by atoms with Crippen molar-refractivity contribution in [1.82, 2.24) is 29.7 Å². The van der Waals surface area contributed by atoms with Gasteiger partial charge in [0.15, 0.2) is 0 Å². The van der Waals surface area contributed by atoms with Crippen LogP contribution >= 0.6 is 11.6 Å². The Morgan fingerprint density at radius 1 is 1.32 bits per heavy atom. The fraction of sp³-hybridized carbons (Fsp3) is 0.545. The Labute approximate surface area is 116 Å². The van der Waals surface area contributed by atoms with E-state index in [1.54, 1.807) is 0 Å². The maximum atomic E-state index is 5.97. The van der Waals surface area contributed by atoms with Gasteiger partial charge in [0.05, 0.1) is 0 Å². The van der Waals surface area contributed by atoms with Crippen LogP contribution in [0.25, 0.3) is 5.95 Å². The van der Waals surface area contributed by atoms with Crippen molar-refractivity contribution in [1.29, 1.82) is 0 Å². The summed E-state index contributed by atoms with van der Waals surface area (Å²) < 4.78 is 1.46. The molecule has 0 spiro atoms. The number of halogens is 1. The van der Waals surface area contributed by atoms with Gasteiger partial charge in [-0.05, 0) is 31.9 Å². The van der Waals surface area contributed by atoms with Gasteiger partial charge in [0.1, 0.15) is 12.7 Å². The van der Waals surface area contributed by atoms with Crippen molar-refractivity contribution in [3.8, 4) is 5.95 Å². The molecule has 8 heteroatoms. The molecule has 0 radical (unpaired) electrons. The minimum atomic E-state index is 0.150. The summed E-state index contributed by atoms with van der Waals surface area (Å²) in [6.07, 6.45) is 3.94. The normalized spacial score (nSPS) is 11.0. The van der Waals surface area contributed by atoms with Gasteiger partial charge in [-0.25, -0.2) is 4.98 Å². The van der Waals surface area contributed by atoms with Crippen LogP contribution in [0.15, 0.2) is 12.7 Å². The first-order valence-corrected chi connectivity index (χ1v) is 6.52. The van der Waals surface area contributed by atoms with Crippen LogP contribution in [0.4, 0.5) is 5.95 Å². The zero-order chi connectivity index (χ0) is 13.8. The predicted molar refractivity (Wildman–Crippen MR) is 72.5 cm³/mol. The van der Waals surface area contributed by atoms with Crippen molar-refractivity contribution in [2.75, 3.05) is 11.4 Å².